The number of benzene rings is 1. The molecule has 1 aliphatic heterocycles. The summed E-state index contributed by atoms with van der Waals surface area (Å²) in [6, 6.07) is 7.81. The van der Waals surface area contributed by atoms with Crippen LogP contribution in [0.2, 0.25) is 10.0 Å². The Morgan fingerprint density at radius 1 is 1.25 bits per heavy atom. The molecule has 1 aromatic heterocycles. The quantitative estimate of drug-likeness (QED) is 0.382. The highest BCUT2D eigenvalue weighted by atomic mass is 35.5. The molecule has 1 aromatic carbocycles. The number of amides is 1. The number of carbonyl (C=O) groups is 1. The highest BCUT2D eigenvalue weighted by molar-refractivity contribution is 8.00. The maximum atomic E-state index is 13.0. The van der Waals surface area contributed by atoms with Crippen molar-refractivity contribution in [3.05, 3.63) is 46.1 Å². The van der Waals surface area contributed by atoms with Gasteiger partial charge in [-0.25, -0.2) is 4.98 Å². The fourth-order valence-electron chi connectivity index (χ4n) is 3.44. The Labute approximate surface area is 207 Å². The molecule has 0 spiro atoms. The van der Waals surface area contributed by atoms with Gasteiger partial charge in [-0.1, -0.05) is 50.9 Å². The van der Waals surface area contributed by atoms with Gasteiger partial charge in [0.05, 0.1) is 10.6 Å². The normalized spacial score (nSPS) is 13.9. The van der Waals surface area contributed by atoms with Crippen LogP contribution in [0, 0.1) is 0 Å². The van der Waals surface area contributed by atoms with E-state index >= 15 is 0 Å². The van der Waals surface area contributed by atoms with Gasteiger partial charge in [0.15, 0.2) is 0 Å². The Balaban J connectivity index is 0.00000176. The summed E-state index contributed by atoms with van der Waals surface area (Å²) in [5.74, 6) is 1.54. The van der Waals surface area contributed by atoms with Crippen molar-refractivity contribution in [1.29, 1.82) is 0 Å². The van der Waals surface area contributed by atoms with Crippen molar-refractivity contribution in [2.75, 3.05) is 33.4 Å². The Hall–Kier alpha value is -1.63. The molecule has 0 aliphatic carbocycles. The molecule has 1 amide bonds. The summed E-state index contributed by atoms with van der Waals surface area (Å²) in [5, 5.41) is 3.88. The van der Waals surface area contributed by atoms with Gasteiger partial charge in [-0.15, -0.1) is 0 Å². The fraction of sp³-hybridized carbons (Fsp3) is 0.500. The molecule has 5 nitrogen and oxygen atoms in total. The van der Waals surface area contributed by atoms with E-state index in [1.165, 1.54) is 0 Å². The first kappa shape index (κ1) is 26.6. The molecule has 3 rings (SSSR count). The van der Waals surface area contributed by atoms with Gasteiger partial charge in [0, 0.05) is 47.5 Å². The lowest BCUT2D eigenvalue weighted by molar-refractivity contribution is 0.102. The third kappa shape index (κ3) is 6.93. The predicted molar refractivity (Wildman–Crippen MR) is 142 cm³/mol. The highest BCUT2D eigenvalue weighted by Crippen LogP contribution is 2.31. The summed E-state index contributed by atoms with van der Waals surface area (Å²) in [4.78, 5) is 19.7. The molecule has 1 unspecified atom stereocenters. The number of carbonyl (C=O) groups excluding carboxylic acids is 1. The zero-order valence-electron chi connectivity index (χ0n) is 19.6. The van der Waals surface area contributed by atoms with E-state index in [-0.39, 0.29) is 5.91 Å². The van der Waals surface area contributed by atoms with E-state index < -0.39 is 0 Å². The Kier molecular flexibility index (Phi) is 11.0. The average molecular weight is 498 g/mol. The lowest BCUT2D eigenvalue weighted by atomic mass is 10.1. The first-order valence-electron chi connectivity index (χ1n) is 11.4. The number of pyridine rings is 1. The third-order valence-corrected chi connectivity index (χ3v) is 6.83. The van der Waals surface area contributed by atoms with Crippen LogP contribution < -0.4 is 14.5 Å². The van der Waals surface area contributed by atoms with Gasteiger partial charge < -0.3 is 14.5 Å². The molecule has 8 heteroatoms. The number of nitrogens with zero attached hydrogens (tertiary/aromatic N) is 3. The Morgan fingerprint density at radius 3 is 2.62 bits per heavy atom. The lowest BCUT2D eigenvalue weighted by Crippen LogP contribution is -2.33. The zero-order chi connectivity index (χ0) is 23.7. The maximum absolute atomic E-state index is 13.0. The van der Waals surface area contributed by atoms with Crippen LogP contribution in [0.3, 0.4) is 0 Å². The molecule has 2 aromatic rings. The van der Waals surface area contributed by atoms with Gasteiger partial charge >= 0.3 is 0 Å². The van der Waals surface area contributed by atoms with Crippen LogP contribution >= 0.6 is 35.1 Å². The van der Waals surface area contributed by atoms with Gasteiger partial charge in [0.25, 0.3) is 5.91 Å². The zero-order valence-corrected chi connectivity index (χ0v) is 21.9. The molecule has 1 aliphatic rings. The second-order valence-corrected chi connectivity index (χ2v) is 9.36. The molecule has 1 N–H and O–H groups in total. The number of hydrogen-bond donors (Lipinski definition) is 1. The maximum Gasteiger partial charge on any atom is 0.257 e. The van der Waals surface area contributed by atoms with E-state index in [1.54, 1.807) is 30.3 Å². The van der Waals surface area contributed by atoms with E-state index in [0.29, 0.717) is 27.3 Å². The molecule has 1 fully saturated rings. The number of rotatable bonds is 8. The largest absolute Gasteiger partial charge is 0.369 e. The number of hydrogen-bond acceptors (Lipinski definition) is 5. The molecule has 32 heavy (non-hydrogen) atoms. The van der Waals surface area contributed by atoms with Crippen molar-refractivity contribution in [1.82, 2.24) is 4.98 Å². The van der Waals surface area contributed by atoms with Crippen LogP contribution in [0.1, 0.15) is 64.2 Å². The van der Waals surface area contributed by atoms with Crippen LogP contribution in [0.4, 0.5) is 17.2 Å². The molecule has 0 saturated carbocycles. The molecular formula is C24H34Cl2N4OS. The molecule has 2 heterocycles. The summed E-state index contributed by atoms with van der Waals surface area (Å²) in [7, 11) is 0. The molecule has 176 valence electrons. The van der Waals surface area contributed by atoms with E-state index in [9.17, 15) is 4.79 Å². The first-order valence-corrected chi connectivity index (χ1v) is 13.1. The van der Waals surface area contributed by atoms with Crippen molar-refractivity contribution >= 4 is 58.2 Å². The Bertz CT molecular complexity index is 890. The van der Waals surface area contributed by atoms with E-state index in [4.69, 9.17) is 23.2 Å². The third-order valence-electron chi connectivity index (χ3n) is 5.15. The van der Waals surface area contributed by atoms with Crippen LogP contribution in [-0.4, -0.2) is 35.8 Å². The van der Waals surface area contributed by atoms with E-state index in [2.05, 4.69) is 40.3 Å². The topological polar surface area (TPSA) is 48.5 Å². The van der Waals surface area contributed by atoms with Gasteiger partial charge in [-0.3, -0.25) is 4.79 Å². The minimum Gasteiger partial charge on any atom is -0.369 e. The van der Waals surface area contributed by atoms with Gasteiger partial charge in [0.1, 0.15) is 5.82 Å². The number of anilines is 3. The fourth-order valence-corrected chi connectivity index (χ4v) is 4.83. The smallest absolute Gasteiger partial charge is 0.257 e. The van der Waals surface area contributed by atoms with Crippen molar-refractivity contribution in [2.45, 2.75) is 59.9 Å². The van der Waals surface area contributed by atoms with E-state index in [1.807, 2.05) is 26.0 Å². The monoisotopic (exact) mass is 496 g/mol. The SMILES string of the molecule is CC.CCCN(c1cc(Cl)cc(NC(=O)c2cc(N3CCCS3)ncc2Cl)c1)C(C)CC. The second kappa shape index (κ2) is 13.2. The second-order valence-electron chi connectivity index (χ2n) is 7.41. The minimum atomic E-state index is -0.272. The molecule has 0 bridgehead atoms. The number of aromatic nitrogens is 1. The van der Waals surface area contributed by atoms with Crippen LogP contribution in [-0.2, 0) is 0 Å². The highest BCUT2D eigenvalue weighted by Gasteiger charge is 2.20. The molecule has 0 radical (unpaired) electrons. The summed E-state index contributed by atoms with van der Waals surface area (Å²) < 4.78 is 2.10. The molecular weight excluding hydrogens is 463 g/mol. The summed E-state index contributed by atoms with van der Waals surface area (Å²) in [6.07, 6.45) is 4.70. The standard InChI is InChI=1S/C22H28Cl2N4OS.C2H6/c1-4-7-27(15(3)5-2)18-11-16(23)10-17(12-18)26-22(29)19-13-21(25-14-20(19)24)28-8-6-9-30-28;1-2/h10-15H,4-9H2,1-3H3,(H,26,29);1-2H3. The molecule has 1 atom stereocenters. The first-order chi connectivity index (χ1) is 15.4. The predicted octanol–water partition coefficient (Wildman–Crippen LogP) is 7.54. The summed E-state index contributed by atoms with van der Waals surface area (Å²) in [5.41, 5.74) is 2.06. The van der Waals surface area contributed by atoms with Crippen LogP contribution in [0.25, 0.3) is 0 Å². The van der Waals surface area contributed by atoms with Crippen molar-refractivity contribution in [3.8, 4) is 0 Å². The van der Waals surface area contributed by atoms with Crippen molar-refractivity contribution in [3.63, 3.8) is 0 Å². The van der Waals surface area contributed by atoms with Crippen molar-refractivity contribution in [2.24, 2.45) is 0 Å². The number of halogens is 2. The van der Waals surface area contributed by atoms with Gasteiger partial charge in [-0.2, -0.15) is 0 Å². The minimum absolute atomic E-state index is 0.272. The van der Waals surface area contributed by atoms with Gasteiger partial charge in [0.2, 0.25) is 0 Å². The summed E-state index contributed by atoms with van der Waals surface area (Å²) >= 11 is 14.4. The Morgan fingerprint density at radius 2 is 2.00 bits per heavy atom. The van der Waals surface area contributed by atoms with Crippen LogP contribution in [0.15, 0.2) is 30.5 Å². The number of nitrogens with one attached hydrogen (secondary N) is 1. The van der Waals surface area contributed by atoms with Crippen LogP contribution in [0.5, 0.6) is 0 Å². The summed E-state index contributed by atoms with van der Waals surface area (Å²) in [6.45, 7) is 12.4. The average Bonchev–Trinajstić information content (AvgIpc) is 3.33. The van der Waals surface area contributed by atoms with Crippen molar-refractivity contribution < 1.29 is 4.79 Å². The lowest BCUT2D eigenvalue weighted by Gasteiger charge is -2.31. The van der Waals surface area contributed by atoms with Gasteiger partial charge in [-0.05, 0) is 62.4 Å². The molecule has 1 saturated heterocycles. The van der Waals surface area contributed by atoms with E-state index in [0.717, 1.165) is 49.6 Å².